The van der Waals surface area contributed by atoms with Crippen LogP contribution in [-0.2, 0) is 10.0 Å². The van der Waals surface area contributed by atoms with Crippen LogP contribution < -0.4 is 11.3 Å². The molecule has 1 fully saturated rings. The van der Waals surface area contributed by atoms with E-state index in [1.54, 1.807) is 0 Å². The molecule has 0 atom stereocenters. The van der Waals surface area contributed by atoms with Gasteiger partial charge in [0.2, 0.25) is 10.0 Å². The van der Waals surface area contributed by atoms with Crippen LogP contribution in [0, 0.1) is 5.92 Å². The molecule has 0 unspecified atom stereocenters. The maximum Gasteiger partial charge on any atom is 0.211 e. The molecule has 0 bridgehead atoms. The SMILES string of the molecule is CS(=O)(=O)N1CC(CNN)C1. The third kappa shape index (κ3) is 2.13. The molecule has 1 saturated heterocycles. The highest BCUT2D eigenvalue weighted by Gasteiger charge is 2.32. The zero-order chi connectivity index (χ0) is 8.48. The highest BCUT2D eigenvalue weighted by atomic mass is 32.2. The van der Waals surface area contributed by atoms with Gasteiger partial charge in [0.15, 0.2) is 0 Å². The summed E-state index contributed by atoms with van der Waals surface area (Å²) in [7, 11) is -2.95. The number of rotatable bonds is 3. The van der Waals surface area contributed by atoms with E-state index in [9.17, 15) is 8.42 Å². The van der Waals surface area contributed by atoms with Crippen LogP contribution >= 0.6 is 0 Å². The molecule has 1 rings (SSSR count). The Hall–Kier alpha value is -0.170. The zero-order valence-corrected chi connectivity index (χ0v) is 7.26. The first-order valence-electron chi connectivity index (χ1n) is 3.42. The maximum absolute atomic E-state index is 10.8. The monoisotopic (exact) mass is 179 g/mol. The molecule has 5 nitrogen and oxygen atoms in total. The van der Waals surface area contributed by atoms with E-state index in [0.29, 0.717) is 25.6 Å². The van der Waals surface area contributed by atoms with Crippen molar-refractivity contribution in [1.82, 2.24) is 9.73 Å². The van der Waals surface area contributed by atoms with Gasteiger partial charge in [-0.05, 0) is 0 Å². The van der Waals surface area contributed by atoms with E-state index < -0.39 is 10.0 Å². The molecule has 3 N–H and O–H groups in total. The van der Waals surface area contributed by atoms with Crippen LogP contribution in [0.25, 0.3) is 0 Å². The van der Waals surface area contributed by atoms with Crippen LogP contribution in [0.4, 0.5) is 0 Å². The normalized spacial score (nSPS) is 21.6. The van der Waals surface area contributed by atoms with Gasteiger partial charge < -0.3 is 0 Å². The summed E-state index contributed by atoms with van der Waals surface area (Å²) in [6.07, 6.45) is 1.22. The third-order valence-corrected chi connectivity index (χ3v) is 3.04. The van der Waals surface area contributed by atoms with Gasteiger partial charge in [0.05, 0.1) is 6.26 Å². The molecule has 1 heterocycles. The summed E-state index contributed by atoms with van der Waals surface area (Å²) in [5.74, 6) is 5.46. The van der Waals surface area contributed by atoms with Crippen molar-refractivity contribution >= 4 is 10.0 Å². The molecule has 66 valence electrons. The number of nitrogens with one attached hydrogen (secondary N) is 1. The lowest BCUT2D eigenvalue weighted by atomic mass is 10.0. The van der Waals surface area contributed by atoms with Crippen LogP contribution in [0.3, 0.4) is 0 Å². The Labute approximate surface area is 66.6 Å². The number of hydrazine groups is 1. The Bertz CT molecular complexity index is 220. The molecular formula is C5H13N3O2S. The molecule has 1 aliphatic rings. The number of nitrogens with two attached hydrogens (primary N) is 1. The molecule has 6 heteroatoms. The van der Waals surface area contributed by atoms with Crippen molar-refractivity contribution in [2.45, 2.75) is 0 Å². The van der Waals surface area contributed by atoms with E-state index in [0.717, 1.165) is 0 Å². The number of hydrogen-bond donors (Lipinski definition) is 2. The molecule has 0 aromatic rings. The van der Waals surface area contributed by atoms with Gasteiger partial charge in [0, 0.05) is 25.6 Å². The minimum Gasteiger partial charge on any atom is -0.271 e. The van der Waals surface area contributed by atoms with Gasteiger partial charge in [0.25, 0.3) is 0 Å². The summed E-state index contributed by atoms with van der Waals surface area (Å²) < 4.78 is 23.1. The topological polar surface area (TPSA) is 75.4 Å². The second kappa shape index (κ2) is 3.06. The Morgan fingerprint density at radius 1 is 1.64 bits per heavy atom. The summed E-state index contributed by atoms with van der Waals surface area (Å²) in [6, 6.07) is 0. The van der Waals surface area contributed by atoms with Gasteiger partial charge in [-0.3, -0.25) is 11.3 Å². The van der Waals surface area contributed by atoms with E-state index in [2.05, 4.69) is 5.43 Å². The van der Waals surface area contributed by atoms with Crippen LogP contribution in [0.2, 0.25) is 0 Å². The van der Waals surface area contributed by atoms with E-state index in [4.69, 9.17) is 5.84 Å². The summed E-state index contributed by atoms with van der Waals surface area (Å²) in [5.41, 5.74) is 2.52. The van der Waals surface area contributed by atoms with E-state index in [-0.39, 0.29) is 0 Å². The highest BCUT2D eigenvalue weighted by Crippen LogP contribution is 2.17. The van der Waals surface area contributed by atoms with Crippen LogP contribution in [0.1, 0.15) is 0 Å². The lowest BCUT2D eigenvalue weighted by Gasteiger charge is -2.36. The van der Waals surface area contributed by atoms with Crippen LogP contribution in [0.5, 0.6) is 0 Å². The largest absolute Gasteiger partial charge is 0.271 e. The quantitative estimate of drug-likeness (QED) is 0.402. The molecule has 11 heavy (non-hydrogen) atoms. The highest BCUT2D eigenvalue weighted by molar-refractivity contribution is 7.88. The zero-order valence-electron chi connectivity index (χ0n) is 6.45. The number of hydrogen-bond acceptors (Lipinski definition) is 4. The molecular weight excluding hydrogens is 166 g/mol. The average molecular weight is 179 g/mol. The van der Waals surface area contributed by atoms with Crippen molar-refractivity contribution in [3.63, 3.8) is 0 Å². The standard InChI is InChI=1S/C5H13N3O2S/c1-11(9,10)8-3-5(4-8)2-7-6/h5,7H,2-4,6H2,1H3. The number of sulfonamides is 1. The molecule has 0 amide bonds. The Morgan fingerprint density at radius 3 is 2.55 bits per heavy atom. The van der Waals surface area contributed by atoms with Crippen molar-refractivity contribution in [2.24, 2.45) is 11.8 Å². The maximum atomic E-state index is 10.8. The van der Waals surface area contributed by atoms with Crippen molar-refractivity contribution in [3.8, 4) is 0 Å². The first-order valence-corrected chi connectivity index (χ1v) is 5.27. The fraction of sp³-hybridized carbons (Fsp3) is 1.00. The van der Waals surface area contributed by atoms with E-state index in [1.165, 1.54) is 10.6 Å². The molecule has 1 aliphatic heterocycles. The summed E-state index contributed by atoms with van der Waals surface area (Å²) in [5, 5.41) is 0. The predicted molar refractivity (Wildman–Crippen MR) is 42.1 cm³/mol. The fourth-order valence-corrected chi connectivity index (χ4v) is 2.05. The second-order valence-corrected chi connectivity index (χ2v) is 4.84. The van der Waals surface area contributed by atoms with Gasteiger partial charge >= 0.3 is 0 Å². The first kappa shape index (κ1) is 8.92. The first-order chi connectivity index (χ1) is 5.04. The third-order valence-electron chi connectivity index (χ3n) is 1.80. The number of nitrogens with zero attached hydrogens (tertiary/aromatic N) is 1. The molecule has 0 saturated carbocycles. The van der Waals surface area contributed by atoms with Crippen LogP contribution in [0.15, 0.2) is 0 Å². The minimum atomic E-state index is -2.95. The van der Waals surface area contributed by atoms with E-state index >= 15 is 0 Å². The summed E-state index contributed by atoms with van der Waals surface area (Å²) in [4.78, 5) is 0. The van der Waals surface area contributed by atoms with Gasteiger partial charge in [-0.15, -0.1) is 0 Å². The van der Waals surface area contributed by atoms with Gasteiger partial charge in [-0.2, -0.15) is 0 Å². The fourth-order valence-electron chi connectivity index (χ4n) is 1.09. The lowest BCUT2D eigenvalue weighted by molar-refractivity contribution is 0.198. The molecule has 0 aromatic carbocycles. The van der Waals surface area contributed by atoms with Crippen molar-refractivity contribution in [2.75, 3.05) is 25.9 Å². The van der Waals surface area contributed by atoms with Gasteiger partial charge in [-0.25, -0.2) is 12.7 Å². The Morgan fingerprint density at radius 2 is 2.18 bits per heavy atom. The predicted octanol–water partition coefficient (Wildman–Crippen LogP) is -1.66. The van der Waals surface area contributed by atoms with Crippen molar-refractivity contribution in [1.29, 1.82) is 0 Å². The summed E-state index contributed by atoms with van der Waals surface area (Å²) >= 11 is 0. The molecule has 0 radical (unpaired) electrons. The van der Waals surface area contributed by atoms with Gasteiger partial charge in [0.1, 0.15) is 0 Å². The smallest absolute Gasteiger partial charge is 0.211 e. The van der Waals surface area contributed by atoms with E-state index in [1.807, 2.05) is 0 Å². The van der Waals surface area contributed by atoms with Gasteiger partial charge in [-0.1, -0.05) is 0 Å². The Balaban J connectivity index is 2.30. The second-order valence-electron chi connectivity index (χ2n) is 2.85. The molecule has 0 aliphatic carbocycles. The Kier molecular flexibility index (Phi) is 2.48. The van der Waals surface area contributed by atoms with Crippen LogP contribution in [-0.4, -0.2) is 38.6 Å². The summed E-state index contributed by atoms with van der Waals surface area (Å²) in [6.45, 7) is 1.89. The molecule has 0 spiro atoms. The van der Waals surface area contributed by atoms with Crippen molar-refractivity contribution in [3.05, 3.63) is 0 Å². The minimum absolute atomic E-state index is 0.384. The van der Waals surface area contributed by atoms with Crippen molar-refractivity contribution < 1.29 is 8.42 Å². The average Bonchev–Trinajstić information content (AvgIpc) is 1.74. The molecule has 0 aromatic heterocycles. The lowest BCUT2D eigenvalue weighted by Crippen LogP contribution is -2.53.